The molecule has 0 aromatic heterocycles. The van der Waals surface area contributed by atoms with Crippen molar-refractivity contribution in [2.24, 2.45) is 5.92 Å². The van der Waals surface area contributed by atoms with Gasteiger partial charge in [-0.1, -0.05) is 6.92 Å². The van der Waals surface area contributed by atoms with Crippen LogP contribution in [0.15, 0.2) is 0 Å². The van der Waals surface area contributed by atoms with Gasteiger partial charge in [-0.15, -0.1) is 0 Å². The fourth-order valence-corrected chi connectivity index (χ4v) is 2.29. The van der Waals surface area contributed by atoms with Crippen molar-refractivity contribution in [1.29, 1.82) is 0 Å². The lowest BCUT2D eigenvalue weighted by molar-refractivity contribution is -0.169. The van der Waals surface area contributed by atoms with E-state index in [9.17, 15) is 9.59 Å². The summed E-state index contributed by atoms with van der Waals surface area (Å²) in [7, 11) is 0. The minimum atomic E-state index is -0.833. The van der Waals surface area contributed by atoms with Crippen LogP contribution in [0.3, 0.4) is 0 Å². The third kappa shape index (κ3) is 2.13. The Bertz CT molecular complexity index is 280. The Balaban J connectivity index is 2.80. The molecule has 2 atom stereocenters. The minimum Gasteiger partial charge on any atom is -0.481 e. The average molecular weight is 213 g/mol. The second-order valence-corrected chi connectivity index (χ2v) is 5.06. The number of aliphatic carboxylic acids is 1. The summed E-state index contributed by atoms with van der Waals surface area (Å²) in [4.78, 5) is 24.2. The zero-order valence-corrected chi connectivity index (χ0v) is 9.78. The number of β-lactam (4-membered cyclic amide) rings is 1. The summed E-state index contributed by atoms with van der Waals surface area (Å²) in [6.45, 7) is 7.74. The van der Waals surface area contributed by atoms with Gasteiger partial charge in [0.2, 0.25) is 5.91 Å². The van der Waals surface area contributed by atoms with Gasteiger partial charge in [0.1, 0.15) is 0 Å². The lowest BCUT2D eigenvalue weighted by atomic mass is 9.79. The monoisotopic (exact) mass is 213 g/mol. The van der Waals surface area contributed by atoms with Gasteiger partial charge in [0.25, 0.3) is 0 Å². The number of carbonyl (C=O) groups excluding carboxylic acids is 1. The van der Waals surface area contributed by atoms with Crippen molar-refractivity contribution in [3.05, 3.63) is 0 Å². The first kappa shape index (κ1) is 12.0. The van der Waals surface area contributed by atoms with Gasteiger partial charge in [-0.25, -0.2) is 0 Å². The number of likely N-dealkylation sites (tertiary alicyclic amines) is 1. The summed E-state index contributed by atoms with van der Waals surface area (Å²) in [5.41, 5.74) is -0.275. The smallest absolute Gasteiger partial charge is 0.305 e. The normalized spacial score (nSPS) is 26.4. The highest BCUT2D eigenvalue weighted by Crippen LogP contribution is 2.37. The van der Waals surface area contributed by atoms with Crippen LogP contribution < -0.4 is 0 Å². The van der Waals surface area contributed by atoms with E-state index in [0.29, 0.717) is 0 Å². The molecular weight excluding hydrogens is 194 g/mol. The Hall–Kier alpha value is -1.06. The molecule has 1 amide bonds. The molecule has 0 aromatic carbocycles. The van der Waals surface area contributed by atoms with Gasteiger partial charge in [0, 0.05) is 5.54 Å². The number of hydrogen-bond acceptors (Lipinski definition) is 2. The lowest BCUT2D eigenvalue weighted by Gasteiger charge is -2.53. The van der Waals surface area contributed by atoms with Gasteiger partial charge in [0.05, 0.1) is 18.4 Å². The fourth-order valence-electron chi connectivity index (χ4n) is 2.29. The average Bonchev–Trinajstić information content (AvgIpc) is 2.00. The number of carboxylic acid groups (broad SMARTS) is 1. The summed E-state index contributed by atoms with van der Waals surface area (Å²) in [6, 6.07) is -0.125. The molecule has 86 valence electrons. The first-order valence-electron chi connectivity index (χ1n) is 5.34. The molecule has 1 saturated heterocycles. The van der Waals surface area contributed by atoms with Gasteiger partial charge >= 0.3 is 5.97 Å². The standard InChI is InChI=1S/C11H19NO3/c1-5-7-8(6-9(13)14)12(10(7)15)11(2,3)4/h7-8H,5-6H2,1-4H3,(H,13,14). The summed E-state index contributed by atoms with van der Waals surface area (Å²) in [5.74, 6) is -0.836. The van der Waals surface area contributed by atoms with E-state index < -0.39 is 5.97 Å². The van der Waals surface area contributed by atoms with Crippen LogP contribution in [-0.2, 0) is 9.59 Å². The molecule has 4 heteroatoms. The summed E-state index contributed by atoms with van der Waals surface area (Å²) < 4.78 is 0. The second-order valence-electron chi connectivity index (χ2n) is 5.06. The number of carbonyl (C=O) groups is 2. The number of hydrogen-bond donors (Lipinski definition) is 1. The Morgan fingerprint density at radius 3 is 2.33 bits per heavy atom. The molecule has 2 unspecified atom stereocenters. The van der Waals surface area contributed by atoms with Crippen molar-refractivity contribution in [2.45, 2.75) is 52.1 Å². The van der Waals surface area contributed by atoms with E-state index in [-0.39, 0.29) is 29.8 Å². The van der Waals surface area contributed by atoms with Crippen LogP contribution in [-0.4, -0.2) is 33.5 Å². The van der Waals surface area contributed by atoms with Crippen molar-refractivity contribution < 1.29 is 14.7 Å². The molecule has 0 bridgehead atoms. The predicted octanol–water partition coefficient (Wildman–Crippen LogP) is 1.50. The Morgan fingerprint density at radius 2 is 2.00 bits per heavy atom. The van der Waals surface area contributed by atoms with E-state index in [1.807, 2.05) is 27.7 Å². The van der Waals surface area contributed by atoms with Crippen molar-refractivity contribution in [1.82, 2.24) is 4.90 Å². The summed E-state index contributed by atoms with van der Waals surface area (Å²) >= 11 is 0. The molecule has 1 fully saturated rings. The van der Waals surface area contributed by atoms with Crippen LogP contribution in [0, 0.1) is 5.92 Å². The number of rotatable bonds is 3. The zero-order chi connectivity index (χ0) is 11.8. The van der Waals surface area contributed by atoms with Crippen LogP contribution in [0.5, 0.6) is 0 Å². The summed E-state index contributed by atoms with van der Waals surface area (Å²) in [6.07, 6.45) is 0.783. The van der Waals surface area contributed by atoms with E-state index in [1.165, 1.54) is 0 Å². The van der Waals surface area contributed by atoms with Crippen LogP contribution in [0.1, 0.15) is 40.5 Å². The molecule has 0 aliphatic carbocycles. The van der Waals surface area contributed by atoms with Crippen LogP contribution in [0.2, 0.25) is 0 Å². The molecule has 1 aliphatic rings. The maximum atomic E-state index is 11.8. The van der Waals surface area contributed by atoms with E-state index in [4.69, 9.17) is 5.11 Å². The van der Waals surface area contributed by atoms with Crippen molar-refractivity contribution >= 4 is 11.9 Å². The third-order valence-corrected chi connectivity index (χ3v) is 2.90. The topological polar surface area (TPSA) is 57.6 Å². The van der Waals surface area contributed by atoms with E-state index in [1.54, 1.807) is 4.90 Å². The van der Waals surface area contributed by atoms with Crippen molar-refractivity contribution in [3.63, 3.8) is 0 Å². The molecule has 4 nitrogen and oxygen atoms in total. The molecule has 1 rings (SSSR count). The predicted molar refractivity (Wildman–Crippen MR) is 56.4 cm³/mol. The number of amides is 1. The number of carboxylic acids is 1. The highest BCUT2D eigenvalue weighted by molar-refractivity contribution is 5.88. The zero-order valence-electron chi connectivity index (χ0n) is 9.78. The quantitative estimate of drug-likeness (QED) is 0.723. The molecule has 0 aromatic rings. The van der Waals surface area contributed by atoms with Crippen molar-refractivity contribution in [3.8, 4) is 0 Å². The molecule has 0 saturated carbocycles. The third-order valence-electron chi connectivity index (χ3n) is 2.90. The lowest BCUT2D eigenvalue weighted by Crippen LogP contribution is -2.67. The van der Waals surface area contributed by atoms with Gasteiger partial charge < -0.3 is 10.0 Å². The highest BCUT2D eigenvalue weighted by atomic mass is 16.4. The molecule has 1 aliphatic heterocycles. The second kappa shape index (κ2) is 3.83. The minimum absolute atomic E-state index is 0.0571. The first-order valence-corrected chi connectivity index (χ1v) is 5.34. The highest BCUT2D eigenvalue weighted by Gasteiger charge is 2.50. The fraction of sp³-hybridized carbons (Fsp3) is 0.818. The molecule has 1 N–H and O–H groups in total. The number of nitrogens with zero attached hydrogens (tertiary/aromatic N) is 1. The van der Waals surface area contributed by atoms with E-state index in [2.05, 4.69) is 0 Å². The van der Waals surface area contributed by atoms with Crippen LogP contribution in [0.4, 0.5) is 0 Å². The van der Waals surface area contributed by atoms with Gasteiger partial charge in [-0.3, -0.25) is 9.59 Å². The van der Waals surface area contributed by atoms with Gasteiger partial charge in [-0.05, 0) is 27.2 Å². The Morgan fingerprint density at radius 1 is 1.47 bits per heavy atom. The SMILES string of the molecule is CCC1C(=O)N(C(C)(C)C)C1CC(=O)O. The Kier molecular flexibility index (Phi) is 3.07. The van der Waals surface area contributed by atoms with Crippen LogP contribution >= 0.6 is 0 Å². The van der Waals surface area contributed by atoms with Gasteiger partial charge in [0.15, 0.2) is 0 Å². The largest absolute Gasteiger partial charge is 0.481 e. The van der Waals surface area contributed by atoms with E-state index in [0.717, 1.165) is 6.42 Å². The molecule has 0 spiro atoms. The molecule has 15 heavy (non-hydrogen) atoms. The summed E-state index contributed by atoms with van der Waals surface area (Å²) in [5, 5.41) is 8.79. The molecular formula is C11H19NO3. The first-order chi connectivity index (χ1) is 6.79. The molecule has 0 radical (unpaired) electrons. The van der Waals surface area contributed by atoms with E-state index >= 15 is 0 Å². The maximum Gasteiger partial charge on any atom is 0.305 e. The molecule has 1 heterocycles. The van der Waals surface area contributed by atoms with Crippen LogP contribution in [0.25, 0.3) is 0 Å². The van der Waals surface area contributed by atoms with Crippen molar-refractivity contribution in [2.75, 3.05) is 0 Å². The van der Waals surface area contributed by atoms with Gasteiger partial charge in [-0.2, -0.15) is 0 Å². The Labute approximate surface area is 90.3 Å². The maximum absolute atomic E-state index is 11.8.